The van der Waals surface area contributed by atoms with E-state index in [2.05, 4.69) is 26.2 Å². The first-order valence-corrected chi connectivity index (χ1v) is 9.86. The summed E-state index contributed by atoms with van der Waals surface area (Å²) >= 11 is 3.59. The molecule has 0 unspecified atom stereocenters. The summed E-state index contributed by atoms with van der Waals surface area (Å²) in [4.78, 5) is 4.04. The number of imidazole rings is 1. The summed E-state index contributed by atoms with van der Waals surface area (Å²) in [5.41, 5.74) is 1.45. The first-order valence-electron chi connectivity index (χ1n) is 9.07. The van der Waals surface area contributed by atoms with Crippen molar-refractivity contribution in [3.63, 3.8) is 0 Å². The summed E-state index contributed by atoms with van der Waals surface area (Å²) in [7, 11) is 1.60. The third-order valence-electron chi connectivity index (χ3n) is 4.35. The second-order valence-electron chi connectivity index (χ2n) is 6.27. The van der Waals surface area contributed by atoms with Crippen molar-refractivity contribution in [2.24, 2.45) is 0 Å². The molecule has 0 fully saturated rings. The van der Waals surface area contributed by atoms with Gasteiger partial charge in [-0.05, 0) is 31.2 Å². The van der Waals surface area contributed by atoms with Crippen LogP contribution in [-0.2, 0) is 19.7 Å². The maximum absolute atomic E-state index is 13.9. The average Bonchev–Trinajstić information content (AvgIpc) is 3.22. The van der Waals surface area contributed by atoms with Gasteiger partial charge in [-0.3, -0.25) is 0 Å². The molecule has 28 heavy (non-hydrogen) atoms. The highest BCUT2D eigenvalue weighted by atomic mass is 79.9. The van der Waals surface area contributed by atoms with E-state index >= 15 is 0 Å². The minimum absolute atomic E-state index is 0.132. The Morgan fingerprint density at radius 2 is 2.07 bits per heavy atom. The number of methoxy groups -OCH3 is 1. The molecule has 0 spiro atoms. The summed E-state index contributed by atoms with van der Waals surface area (Å²) in [6, 6.07) is 10.4. The van der Waals surface area contributed by atoms with Crippen molar-refractivity contribution in [3.05, 3.63) is 76.5 Å². The van der Waals surface area contributed by atoms with Crippen molar-refractivity contribution in [2.45, 2.75) is 26.1 Å². The van der Waals surface area contributed by atoms with Crippen molar-refractivity contribution < 1.29 is 13.9 Å². The quantitative estimate of drug-likeness (QED) is 0.463. The number of hydrogen-bond acceptors (Lipinski definition) is 4. The number of ether oxygens (including phenoxy) is 2. The maximum Gasteiger partial charge on any atom is 0.167 e. The van der Waals surface area contributed by atoms with Gasteiger partial charge in [0.05, 0.1) is 13.4 Å². The third-order valence-corrected chi connectivity index (χ3v) is 5.09. The molecular formula is C21H23BrFN3O2. The van der Waals surface area contributed by atoms with Gasteiger partial charge >= 0.3 is 0 Å². The number of benzene rings is 2. The van der Waals surface area contributed by atoms with Crippen molar-refractivity contribution in [1.29, 1.82) is 0 Å². The van der Waals surface area contributed by atoms with Crippen LogP contribution in [0.2, 0.25) is 0 Å². The van der Waals surface area contributed by atoms with E-state index in [9.17, 15) is 4.39 Å². The molecule has 0 saturated heterocycles. The average molecular weight is 448 g/mol. The van der Waals surface area contributed by atoms with Crippen molar-refractivity contribution in [2.75, 3.05) is 13.7 Å². The van der Waals surface area contributed by atoms with Crippen LogP contribution in [0.1, 0.15) is 17.5 Å². The lowest BCUT2D eigenvalue weighted by Gasteiger charge is -2.17. The topological polar surface area (TPSA) is 48.3 Å². The number of hydrogen-bond donors (Lipinski definition) is 1. The minimum Gasteiger partial charge on any atom is -0.493 e. The monoisotopic (exact) mass is 447 g/mol. The van der Waals surface area contributed by atoms with Crippen LogP contribution >= 0.6 is 15.9 Å². The second kappa shape index (κ2) is 10.2. The van der Waals surface area contributed by atoms with E-state index in [1.807, 2.05) is 29.2 Å². The summed E-state index contributed by atoms with van der Waals surface area (Å²) in [5.74, 6) is 0.952. The smallest absolute Gasteiger partial charge is 0.167 e. The van der Waals surface area contributed by atoms with Gasteiger partial charge in [0, 0.05) is 41.1 Å². The molecule has 1 N–H and O–H groups in total. The van der Waals surface area contributed by atoms with E-state index in [1.54, 1.807) is 31.5 Å². The fourth-order valence-corrected chi connectivity index (χ4v) is 3.30. The highest BCUT2D eigenvalue weighted by Gasteiger charge is 2.15. The molecular weight excluding hydrogens is 425 g/mol. The lowest BCUT2D eigenvalue weighted by atomic mass is 10.1. The first kappa shape index (κ1) is 20.4. The fourth-order valence-electron chi connectivity index (χ4n) is 2.85. The molecule has 7 heteroatoms. The predicted molar refractivity (Wildman–Crippen MR) is 110 cm³/mol. The Morgan fingerprint density at radius 1 is 1.21 bits per heavy atom. The Balaban J connectivity index is 1.64. The standard InChI is InChI=1S/C21H23BrFN3O2/c1-27-20-8-7-18(22)17(13-24-9-4-11-26-12-10-25-15-26)21(20)28-14-16-5-2-3-6-19(16)23/h2-3,5-8,10,12,15,24H,4,9,11,13-14H2,1H3. The number of nitrogens with zero attached hydrogens (tertiary/aromatic N) is 2. The highest BCUT2D eigenvalue weighted by molar-refractivity contribution is 9.10. The zero-order valence-corrected chi connectivity index (χ0v) is 17.3. The molecule has 0 radical (unpaired) electrons. The zero-order valence-electron chi connectivity index (χ0n) is 15.7. The fraction of sp³-hybridized carbons (Fsp3) is 0.286. The number of aromatic nitrogens is 2. The Hall–Kier alpha value is -2.38. The van der Waals surface area contributed by atoms with E-state index in [4.69, 9.17) is 9.47 Å². The number of halogens is 2. The molecule has 3 rings (SSSR count). The Kier molecular flexibility index (Phi) is 7.45. The highest BCUT2D eigenvalue weighted by Crippen LogP contribution is 2.36. The van der Waals surface area contributed by atoms with Crippen molar-refractivity contribution >= 4 is 15.9 Å². The van der Waals surface area contributed by atoms with Gasteiger partial charge in [-0.1, -0.05) is 34.1 Å². The van der Waals surface area contributed by atoms with Crippen LogP contribution in [0.5, 0.6) is 11.5 Å². The SMILES string of the molecule is COc1ccc(Br)c(CNCCCn2ccnc2)c1OCc1ccccc1F. The summed E-state index contributed by atoms with van der Waals surface area (Å²) in [6.45, 7) is 2.49. The van der Waals surface area contributed by atoms with Crippen LogP contribution in [0.3, 0.4) is 0 Å². The molecule has 2 aromatic carbocycles. The lowest BCUT2D eigenvalue weighted by Crippen LogP contribution is -2.17. The largest absolute Gasteiger partial charge is 0.493 e. The van der Waals surface area contributed by atoms with E-state index in [0.29, 0.717) is 23.6 Å². The number of nitrogens with one attached hydrogen (secondary N) is 1. The summed E-state index contributed by atoms with van der Waals surface area (Å²) in [5, 5.41) is 3.43. The molecule has 148 valence electrons. The van der Waals surface area contributed by atoms with Crippen molar-refractivity contribution in [3.8, 4) is 11.5 Å². The molecule has 0 amide bonds. The molecule has 0 aliphatic heterocycles. The molecule has 5 nitrogen and oxygen atoms in total. The lowest BCUT2D eigenvalue weighted by molar-refractivity contribution is 0.275. The van der Waals surface area contributed by atoms with Gasteiger partial charge in [0.25, 0.3) is 0 Å². The van der Waals surface area contributed by atoms with Gasteiger partial charge in [0.15, 0.2) is 11.5 Å². The van der Waals surface area contributed by atoms with Gasteiger partial charge < -0.3 is 19.4 Å². The van der Waals surface area contributed by atoms with E-state index in [1.165, 1.54) is 6.07 Å². The van der Waals surface area contributed by atoms with Crippen LogP contribution in [-0.4, -0.2) is 23.2 Å². The van der Waals surface area contributed by atoms with E-state index in [-0.39, 0.29) is 12.4 Å². The van der Waals surface area contributed by atoms with Crippen LogP contribution in [0.25, 0.3) is 0 Å². The molecule has 3 aromatic rings. The van der Waals surface area contributed by atoms with Gasteiger partial charge in [0.2, 0.25) is 0 Å². The number of aryl methyl sites for hydroxylation is 1. The predicted octanol–water partition coefficient (Wildman–Crippen LogP) is 4.55. The van der Waals surface area contributed by atoms with Crippen LogP contribution in [0.15, 0.2) is 59.6 Å². The van der Waals surface area contributed by atoms with Gasteiger partial charge in [0.1, 0.15) is 12.4 Å². The minimum atomic E-state index is -0.282. The molecule has 0 aliphatic carbocycles. The molecule has 1 aromatic heterocycles. The third kappa shape index (κ3) is 5.33. The van der Waals surface area contributed by atoms with Gasteiger partial charge in [-0.25, -0.2) is 9.37 Å². The van der Waals surface area contributed by atoms with Crippen LogP contribution in [0.4, 0.5) is 4.39 Å². The Labute approximate surface area is 172 Å². The van der Waals surface area contributed by atoms with Crippen molar-refractivity contribution in [1.82, 2.24) is 14.9 Å². The Morgan fingerprint density at radius 3 is 2.82 bits per heavy atom. The van der Waals surface area contributed by atoms with Gasteiger partial charge in [-0.15, -0.1) is 0 Å². The zero-order chi connectivity index (χ0) is 19.8. The van der Waals surface area contributed by atoms with Gasteiger partial charge in [-0.2, -0.15) is 0 Å². The Bertz CT molecular complexity index is 887. The summed E-state index contributed by atoms with van der Waals surface area (Å²) < 4.78 is 28.3. The molecule has 0 saturated carbocycles. The van der Waals surface area contributed by atoms with Crippen LogP contribution in [0, 0.1) is 5.82 Å². The second-order valence-corrected chi connectivity index (χ2v) is 7.12. The summed E-state index contributed by atoms with van der Waals surface area (Å²) in [6.07, 6.45) is 6.52. The number of rotatable bonds is 10. The van der Waals surface area contributed by atoms with E-state index < -0.39 is 0 Å². The molecule has 1 heterocycles. The molecule has 0 aliphatic rings. The first-order chi connectivity index (χ1) is 13.7. The molecule has 0 bridgehead atoms. The molecule has 0 atom stereocenters. The van der Waals surface area contributed by atoms with E-state index in [0.717, 1.165) is 29.5 Å². The van der Waals surface area contributed by atoms with Crippen LogP contribution < -0.4 is 14.8 Å². The normalized spacial score (nSPS) is 10.8. The maximum atomic E-state index is 13.9.